The van der Waals surface area contributed by atoms with Gasteiger partial charge in [-0.05, 0) is 44.3 Å². The van der Waals surface area contributed by atoms with Crippen LogP contribution in [0, 0.1) is 0 Å². The first kappa shape index (κ1) is 24.4. The number of carboxylic acid groups (broad SMARTS) is 2. The highest BCUT2D eigenvalue weighted by atomic mass is 32.1. The molecule has 2 fully saturated rings. The van der Waals surface area contributed by atoms with Crippen LogP contribution in [0.5, 0.6) is 0 Å². The van der Waals surface area contributed by atoms with Crippen LogP contribution in [-0.2, 0) is 14.3 Å². The number of hydrogen-bond donors (Lipinski definition) is 2. The Labute approximate surface area is 195 Å². The number of carboxylic acids is 2. The molecule has 0 atom stereocenters. The fourth-order valence-corrected chi connectivity index (χ4v) is 4.92. The first-order valence-electron chi connectivity index (χ1n) is 10.6. The summed E-state index contributed by atoms with van der Waals surface area (Å²) in [6, 6.07) is 10.0. The van der Waals surface area contributed by atoms with Gasteiger partial charge in [0.1, 0.15) is 5.60 Å². The molecule has 176 valence electrons. The molecule has 2 aliphatic rings. The number of nitrogens with zero attached hydrogens (tertiary/aromatic N) is 3. The summed E-state index contributed by atoms with van der Waals surface area (Å²) in [4.78, 5) is 41.3. The van der Waals surface area contributed by atoms with Crippen LogP contribution in [0.25, 0.3) is 10.4 Å². The fraction of sp³-hybridized carbons (Fsp3) is 0.391. The molecule has 9 nitrogen and oxygen atoms in total. The van der Waals surface area contributed by atoms with Crippen LogP contribution in [0.4, 0.5) is 10.6 Å². The number of piperidine rings is 2. The largest absolute Gasteiger partial charge is 0.478 e. The SMILES string of the molecule is CN(C(=O)OC12CCCN(CCC1)C2)c1ncsc1-c1ccccc1.O=C(O)/C=C/C(=O)O. The van der Waals surface area contributed by atoms with Crippen molar-refractivity contribution in [2.24, 2.45) is 0 Å². The van der Waals surface area contributed by atoms with Crippen molar-refractivity contribution in [2.75, 3.05) is 31.6 Å². The lowest BCUT2D eigenvalue weighted by atomic mass is 9.84. The van der Waals surface area contributed by atoms with E-state index in [-0.39, 0.29) is 11.7 Å². The monoisotopic (exact) mass is 473 g/mol. The van der Waals surface area contributed by atoms with E-state index < -0.39 is 11.9 Å². The zero-order valence-electron chi connectivity index (χ0n) is 18.3. The molecule has 10 heteroatoms. The summed E-state index contributed by atoms with van der Waals surface area (Å²) in [5.41, 5.74) is 2.53. The van der Waals surface area contributed by atoms with Crippen molar-refractivity contribution < 1.29 is 29.3 Å². The lowest BCUT2D eigenvalue weighted by molar-refractivity contribution is -0.134. The molecular formula is C23H27N3O6S. The lowest BCUT2D eigenvalue weighted by Crippen LogP contribution is -2.55. The summed E-state index contributed by atoms with van der Waals surface area (Å²) < 4.78 is 6.04. The van der Waals surface area contributed by atoms with Crippen molar-refractivity contribution in [2.45, 2.75) is 31.3 Å². The van der Waals surface area contributed by atoms with Gasteiger partial charge in [0.25, 0.3) is 0 Å². The number of thiazole rings is 1. The van der Waals surface area contributed by atoms with Crippen molar-refractivity contribution >= 4 is 35.2 Å². The highest BCUT2D eigenvalue weighted by Gasteiger charge is 2.42. The summed E-state index contributed by atoms with van der Waals surface area (Å²) in [5, 5.41) is 15.6. The molecular weight excluding hydrogens is 446 g/mol. The summed E-state index contributed by atoms with van der Waals surface area (Å²) in [7, 11) is 1.75. The van der Waals surface area contributed by atoms with Crippen molar-refractivity contribution in [3.8, 4) is 10.4 Å². The van der Waals surface area contributed by atoms with Gasteiger partial charge in [0.2, 0.25) is 0 Å². The van der Waals surface area contributed by atoms with E-state index >= 15 is 0 Å². The molecule has 4 rings (SSSR count). The predicted molar refractivity (Wildman–Crippen MR) is 124 cm³/mol. The number of anilines is 1. The minimum absolute atomic E-state index is 0.299. The molecule has 0 aliphatic carbocycles. The van der Waals surface area contributed by atoms with E-state index in [1.54, 1.807) is 28.8 Å². The number of carbonyl (C=O) groups excluding carboxylic acids is 1. The second-order valence-electron chi connectivity index (χ2n) is 7.97. The third-order valence-electron chi connectivity index (χ3n) is 5.57. The summed E-state index contributed by atoms with van der Waals surface area (Å²) in [5.74, 6) is -1.85. The normalized spacial score (nSPS) is 21.5. The van der Waals surface area contributed by atoms with Gasteiger partial charge in [0, 0.05) is 25.7 Å². The van der Waals surface area contributed by atoms with Gasteiger partial charge in [0.15, 0.2) is 5.82 Å². The summed E-state index contributed by atoms with van der Waals surface area (Å²) >= 11 is 1.54. The van der Waals surface area contributed by atoms with Gasteiger partial charge in [-0.1, -0.05) is 30.3 Å². The first-order chi connectivity index (χ1) is 15.8. The maximum atomic E-state index is 12.8. The number of benzene rings is 1. The molecule has 2 aliphatic heterocycles. The van der Waals surface area contributed by atoms with Crippen LogP contribution in [0.15, 0.2) is 48.0 Å². The number of carbonyl (C=O) groups is 3. The summed E-state index contributed by atoms with van der Waals surface area (Å²) in [6.45, 7) is 3.12. The predicted octanol–water partition coefficient (Wildman–Crippen LogP) is 3.72. The second-order valence-corrected chi connectivity index (χ2v) is 8.83. The van der Waals surface area contributed by atoms with E-state index in [9.17, 15) is 14.4 Å². The van der Waals surface area contributed by atoms with Crippen molar-refractivity contribution in [3.05, 3.63) is 48.0 Å². The van der Waals surface area contributed by atoms with Crippen LogP contribution in [0.1, 0.15) is 25.7 Å². The third kappa shape index (κ3) is 6.62. The Hall–Kier alpha value is -3.24. The Kier molecular flexibility index (Phi) is 8.18. The van der Waals surface area contributed by atoms with Gasteiger partial charge in [-0.15, -0.1) is 11.3 Å². The van der Waals surface area contributed by atoms with Crippen molar-refractivity contribution in [1.82, 2.24) is 9.88 Å². The molecule has 0 unspecified atom stereocenters. The van der Waals surface area contributed by atoms with Gasteiger partial charge in [-0.2, -0.15) is 0 Å². The van der Waals surface area contributed by atoms with Gasteiger partial charge >= 0.3 is 18.0 Å². The van der Waals surface area contributed by atoms with E-state index in [0.29, 0.717) is 18.0 Å². The zero-order chi connectivity index (χ0) is 23.8. The Bertz CT molecular complexity index is 981. The first-order valence-corrected chi connectivity index (χ1v) is 11.5. The number of amides is 1. The lowest BCUT2D eigenvalue weighted by Gasteiger charge is -2.46. The van der Waals surface area contributed by atoms with Crippen LogP contribution in [0.3, 0.4) is 0 Å². The molecule has 0 spiro atoms. The molecule has 3 heterocycles. The molecule has 33 heavy (non-hydrogen) atoms. The number of hydrogen-bond acceptors (Lipinski definition) is 7. The topological polar surface area (TPSA) is 120 Å². The second kappa shape index (κ2) is 11.1. The minimum atomic E-state index is -1.26. The third-order valence-corrected chi connectivity index (χ3v) is 6.44. The van der Waals surface area contributed by atoms with Crippen molar-refractivity contribution in [1.29, 1.82) is 0 Å². The maximum absolute atomic E-state index is 12.8. The molecule has 1 aromatic carbocycles. The molecule has 1 amide bonds. The number of fused-ring (bicyclic) bond motifs is 2. The van der Waals surface area contributed by atoms with E-state index in [4.69, 9.17) is 14.9 Å². The molecule has 0 saturated carbocycles. The minimum Gasteiger partial charge on any atom is -0.478 e. The van der Waals surface area contributed by atoms with Crippen LogP contribution in [0.2, 0.25) is 0 Å². The summed E-state index contributed by atoms with van der Waals surface area (Å²) in [6.07, 6.45) is 4.94. The molecule has 0 radical (unpaired) electrons. The van der Waals surface area contributed by atoms with Crippen LogP contribution in [-0.4, -0.2) is 70.4 Å². The molecule has 2 aromatic rings. The van der Waals surface area contributed by atoms with Crippen molar-refractivity contribution in [3.63, 3.8) is 0 Å². The average Bonchev–Trinajstić information content (AvgIpc) is 3.28. The highest BCUT2D eigenvalue weighted by Crippen LogP contribution is 2.37. The van der Waals surface area contributed by atoms with E-state index in [1.807, 2.05) is 30.3 Å². The van der Waals surface area contributed by atoms with E-state index in [0.717, 1.165) is 55.8 Å². The molecule has 1 aromatic heterocycles. The number of rotatable bonds is 5. The Morgan fingerprint density at radius 2 is 1.70 bits per heavy atom. The average molecular weight is 474 g/mol. The number of aliphatic carboxylic acids is 2. The highest BCUT2D eigenvalue weighted by molar-refractivity contribution is 7.13. The quantitative estimate of drug-likeness (QED) is 0.631. The molecule has 2 N–H and O–H groups in total. The van der Waals surface area contributed by atoms with Crippen LogP contribution < -0.4 is 4.90 Å². The smallest absolute Gasteiger partial charge is 0.415 e. The van der Waals surface area contributed by atoms with Gasteiger partial charge < -0.3 is 14.9 Å². The Morgan fingerprint density at radius 1 is 1.09 bits per heavy atom. The Morgan fingerprint density at radius 3 is 2.27 bits per heavy atom. The van der Waals surface area contributed by atoms with Gasteiger partial charge in [0.05, 0.1) is 10.4 Å². The molecule has 2 bridgehead atoms. The fourth-order valence-electron chi connectivity index (χ4n) is 4.09. The van der Waals surface area contributed by atoms with Gasteiger partial charge in [-0.25, -0.2) is 19.4 Å². The van der Waals surface area contributed by atoms with Crippen LogP contribution >= 0.6 is 11.3 Å². The number of aromatic nitrogens is 1. The maximum Gasteiger partial charge on any atom is 0.415 e. The van der Waals surface area contributed by atoms with Gasteiger partial charge in [-0.3, -0.25) is 9.80 Å². The molecule has 2 saturated heterocycles. The standard InChI is InChI=1S/C19H23N3O2S.C4H4O4/c1-21(17-16(25-14-20-17)15-7-3-2-4-8-15)18(23)24-19-9-5-11-22(13-19)12-6-10-19;5-3(6)1-2-4(7)8/h2-4,7-8,14H,5-6,9-13H2,1H3;1-2H,(H,5,6)(H,7,8)/b;2-1+. The van der Waals surface area contributed by atoms with E-state index in [2.05, 4.69) is 9.88 Å². The van der Waals surface area contributed by atoms with E-state index in [1.165, 1.54) is 0 Å². The zero-order valence-corrected chi connectivity index (χ0v) is 19.2. The Balaban J connectivity index is 0.000000331. The number of ether oxygens (including phenoxy) is 1.